The number of thioether (sulfide) groups is 1. The third-order valence-corrected chi connectivity index (χ3v) is 3.27. The number of pyridine rings is 1. The molecule has 6 heteroatoms. The van der Waals surface area contributed by atoms with Crippen molar-refractivity contribution in [3.05, 3.63) is 22.8 Å². The summed E-state index contributed by atoms with van der Waals surface area (Å²) in [5.41, 5.74) is 0.144. The van der Waals surface area contributed by atoms with Crippen LogP contribution in [0.15, 0.2) is 12.1 Å². The average Bonchev–Trinajstić information content (AvgIpc) is 2.26. The number of carbonyl (C=O) groups is 1. The summed E-state index contributed by atoms with van der Waals surface area (Å²) < 4.78 is 0. The summed E-state index contributed by atoms with van der Waals surface area (Å²) in [6.07, 6.45) is 2.04. The van der Waals surface area contributed by atoms with Crippen LogP contribution < -0.4 is 5.32 Å². The number of aromatic nitrogens is 1. The molecule has 1 unspecified atom stereocenters. The van der Waals surface area contributed by atoms with Crippen LogP contribution in [0.4, 0.5) is 5.82 Å². The molecular weight excluding hydrogens is 260 g/mol. The highest BCUT2D eigenvalue weighted by atomic mass is 35.5. The Morgan fingerprint density at radius 2 is 2.35 bits per heavy atom. The maximum absolute atomic E-state index is 11.0. The number of halogens is 1. The molecule has 94 valence electrons. The van der Waals surface area contributed by atoms with Crippen LogP contribution in [0.1, 0.15) is 17.3 Å². The van der Waals surface area contributed by atoms with Gasteiger partial charge in [-0.2, -0.15) is 11.8 Å². The van der Waals surface area contributed by atoms with E-state index in [1.807, 2.05) is 6.26 Å². The number of rotatable bonds is 6. The third kappa shape index (κ3) is 4.44. The van der Waals surface area contributed by atoms with E-state index in [0.29, 0.717) is 18.3 Å². The van der Waals surface area contributed by atoms with Crippen LogP contribution in [0, 0.1) is 5.92 Å². The van der Waals surface area contributed by atoms with Gasteiger partial charge < -0.3 is 10.4 Å². The molecule has 0 aliphatic carbocycles. The van der Waals surface area contributed by atoms with Crippen LogP contribution in [0.5, 0.6) is 0 Å². The number of hydrogen-bond donors (Lipinski definition) is 2. The zero-order chi connectivity index (χ0) is 12.8. The van der Waals surface area contributed by atoms with E-state index in [2.05, 4.69) is 17.2 Å². The van der Waals surface area contributed by atoms with Gasteiger partial charge in [0.15, 0.2) is 0 Å². The Balaban J connectivity index is 2.75. The summed E-state index contributed by atoms with van der Waals surface area (Å²) in [5, 5.41) is 12.3. The molecule has 0 aliphatic rings. The minimum atomic E-state index is -1.01. The number of nitrogens with one attached hydrogen (secondary N) is 1. The van der Waals surface area contributed by atoms with Gasteiger partial charge in [0.2, 0.25) is 0 Å². The normalized spacial score (nSPS) is 12.2. The van der Waals surface area contributed by atoms with Gasteiger partial charge in [0.1, 0.15) is 16.5 Å². The Bertz CT molecular complexity index is 401. The van der Waals surface area contributed by atoms with Gasteiger partial charge in [0, 0.05) is 6.54 Å². The number of aromatic carboxylic acids is 1. The Morgan fingerprint density at radius 3 is 2.94 bits per heavy atom. The van der Waals surface area contributed by atoms with E-state index in [1.165, 1.54) is 12.1 Å². The predicted octanol–water partition coefficient (Wildman–Crippen LogP) is 2.84. The van der Waals surface area contributed by atoms with Crippen LogP contribution in [0.2, 0.25) is 5.15 Å². The molecule has 0 aromatic carbocycles. The number of anilines is 1. The fourth-order valence-electron chi connectivity index (χ4n) is 1.36. The van der Waals surface area contributed by atoms with Crippen LogP contribution in [-0.2, 0) is 0 Å². The van der Waals surface area contributed by atoms with E-state index in [-0.39, 0.29) is 10.7 Å². The van der Waals surface area contributed by atoms with Crippen molar-refractivity contribution in [2.75, 3.05) is 23.9 Å². The van der Waals surface area contributed by atoms with Gasteiger partial charge in [-0.05, 0) is 30.1 Å². The van der Waals surface area contributed by atoms with E-state index in [0.717, 1.165) is 5.75 Å². The quantitative estimate of drug-likeness (QED) is 0.781. The highest BCUT2D eigenvalue weighted by molar-refractivity contribution is 7.98. The lowest BCUT2D eigenvalue weighted by Crippen LogP contribution is -2.16. The van der Waals surface area contributed by atoms with Crippen LogP contribution in [-0.4, -0.2) is 34.6 Å². The van der Waals surface area contributed by atoms with Gasteiger partial charge in [-0.1, -0.05) is 18.5 Å². The van der Waals surface area contributed by atoms with Gasteiger partial charge in [0.05, 0.1) is 0 Å². The van der Waals surface area contributed by atoms with E-state index < -0.39 is 5.97 Å². The van der Waals surface area contributed by atoms with Crippen molar-refractivity contribution in [2.45, 2.75) is 6.92 Å². The Labute approximate surface area is 110 Å². The van der Waals surface area contributed by atoms with Gasteiger partial charge >= 0.3 is 5.97 Å². The standard InChI is InChI=1S/C11H15ClN2O2S/c1-7(6-17-2)5-13-10-8(11(15)16)3-4-9(12)14-10/h3-4,7H,5-6H2,1-2H3,(H,13,14)(H,15,16). The minimum Gasteiger partial charge on any atom is -0.478 e. The summed E-state index contributed by atoms with van der Waals surface area (Å²) in [7, 11) is 0. The van der Waals surface area contributed by atoms with Crippen LogP contribution in [0.3, 0.4) is 0 Å². The first kappa shape index (κ1) is 14.1. The second-order valence-electron chi connectivity index (χ2n) is 3.78. The summed E-state index contributed by atoms with van der Waals surface area (Å²) in [4.78, 5) is 15.0. The minimum absolute atomic E-state index is 0.144. The Hall–Kier alpha value is -0.940. The molecule has 17 heavy (non-hydrogen) atoms. The van der Waals surface area contributed by atoms with Crippen LogP contribution in [0.25, 0.3) is 0 Å². The second kappa shape index (κ2) is 6.71. The van der Waals surface area contributed by atoms with Gasteiger partial charge in [0.25, 0.3) is 0 Å². The molecule has 0 spiro atoms. The van der Waals surface area contributed by atoms with Crippen molar-refractivity contribution in [3.63, 3.8) is 0 Å². The molecule has 0 saturated heterocycles. The van der Waals surface area contributed by atoms with Crippen molar-refractivity contribution < 1.29 is 9.90 Å². The molecule has 1 heterocycles. The molecule has 1 atom stereocenters. The lowest BCUT2D eigenvalue weighted by Gasteiger charge is -2.13. The van der Waals surface area contributed by atoms with Gasteiger partial charge in [-0.25, -0.2) is 9.78 Å². The molecule has 0 fully saturated rings. The average molecular weight is 275 g/mol. The number of nitrogens with zero attached hydrogens (tertiary/aromatic N) is 1. The molecular formula is C11H15ClN2O2S. The molecule has 1 aromatic rings. The van der Waals surface area contributed by atoms with E-state index in [4.69, 9.17) is 16.7 Å². The lowest BCUT2D eigenvalue weighted by atomic mass is 10.2. The highest BCUT2D eigenvalue weighted by Gasteiger charge is 2.12. The summed E-state index contributed by atoms with van der Waals surface area (Å²) >= 11 is 7.51. The molecule has 0 aliphatic heterocycles. The zero-order valence-electron chi connectivity index (χ0n) is 9.74. The monoisotopic (exact) mass is 274 g/mol. The molecule has 0 saturated carbocycles. The molecule has 1 aromatic heterocycles. The molecule has 1 rings (SSSR count). The Kier molecular flexibility index (Phi) is 5.58. The maximum atomic E-state index is 11.0. The smallest absolute Gasteiger partial charge is 0.339 e. The Morgan fingerprint density at radius 1 is 1.65 bits per heavy atom. The second-order valence-corrected chi connectivity index (χ2v) is 5.07. The van der Waals surface area contributed by atoms with E-state index in [1.54, 1.807) is 11.8 Å². The number of carboxylic acid groups (broad SMARTS) is 1. The highest BCUT2D eigenvalue weighted by Crippen LogP contribution is 2.17. The molecule has 4 nitrogen and oxygen atoms in total. The van der Waals surface area contributed by atoms with Crippen molar-refractivity contribution in [3.8, 4) is 0 Å². The summed E-state index contributed by atoms with van der Waals surface area (Å²) in [5.74, 6) is 0.773. The number of carboxylic acids is 1. The third-order valence-electron chi connectivity index (χ3n) is 2.16. The van der Waals surface area contributed by atoms with E-state index >= 15 is 0 Å². The first-order valence-corrected chi connectivity index (χ1v) is 6.94. The lowest BCUT2D eigenvalue weighted by molar-refractivity contribution is 0.0697. The fourth-order valence-corrected chi connectivity index (χ4v) is 2.19. The molecule has 0 amide bonds. The van der Waals surface area contributed by atoms with E-state index in [9.17, 15) is 4.79 Å². The summed E-state index contributed by atoms with van der Waals surface area (Å²) in [6.45, 7) is 2.77. The van der Waals surface area contributed by atoms with Gasteiger partial charge in [-0.15, -0.1) is 0 Å². The maximum Gasteiger partial charge on any atom is 0.339 e. The van der Waals surface area contributed by atoms with Crippen LogP contribution >= 0.6 is 23.4 Å². The molecule has 0 radical (unpaired) electrons. The summed E-state index contributed by atoms with van der Waals surface area (Å²) in [6, 6.07) is 2.93. The van der Waals surface area contributed by atoms with Crippen molar-refractivity contribution in [2.24, 2.45) is 5.92 Å². The molecule has 2 N–H and O–H groups in total. The van der Waals surface area contributed by atoms with Crippen molar-refractivity contribution >= 4 is 35.1 Å². The largest absolute Gasteiger partial charge is 0.478 e. The topological polar surface area (TPSA) is 62.2 Å². The van der Waals surface area contributed by atoms with Crippen molar-refractivity contribution in [1.29, 1.82) is 0 Å². The number of hydrogen-bond acceptors (Lipinski definition) is 4. The zero-order valence-corrected chi connectivity index (χ0v) is 11.3. The SMILES string of the molecule is CSCC(C)CNc1nc(Cl)ccc1C(=O)O. The first-order valence-electron chi connectivity index (χ1n) is 5.17. The van der Waals surface area contributed by atoms with Crippen molar-refractivity contribution in [1.82, 2.24) is 4.98 Å². The fraction of sp³-hybridized carbons (Fsp3) is 0.455. The predicted molar refractivity (Wildman–Crippen MR) is 72.2 cm³/mol. The first-order chi connectivity index (χ1) is 8.04. The van der Waals surface area contributed by atoms with Gasteiger partial charge in [-0.3, -0.25) is 0 Å². The molecule has 0 bridgehead atoms.